The molecule has 2 atom stereocenters. The van der Waals surface area contributed by atoms with Gasteiger partial charge in [0.2, 0.25) is 5.75 Å². The van der Waals surface area contributed by atoms with Crippen molar-refractivity contribution in [2.45, 2.75) is 51.7 Å². The molecule has 0 aromatic heterocycles. The summed E-state index contributed by atoms with van der Waals surface area (Å²) in [5.41, 5.74) is 6.74. The molecule has 316 valence electrons. The lowest BCUT2D eigenvalue weighted by atomic mass is 9.93. The van der Waals surface area contributed by atoms with E-state index in [0.717, 1.165) is 38.9 Å². The molecular weight excluding hydrogens is 781 g/mol. The lowest BCUT2D eigenvalue weighted by Gasteiger charge is -2.35. The molecule has 0 saturated heterocycles. The Labute approximate surface area is 363 Å². The molecule has 8 rings (SSSR count). The summed E-state index contributed by atoms with van der Waals surface area (Å²) in [7, 11) is 4.79. The average molecular weight is 831 g/mol. The van der Waals surface area contributed by atoms with Gasteiger partial charge in [-0.25, -0.2) is 0 Å². The van der Waals surface area contributed by atoms with Gasteiger partial charge in [0.1, 0.15) is 49.8 Å². The van der Waals surface area contributed by atoms with Crippen molar-refractivity contribution in [3.63, 3.8) is 0 Å². The zero-order chi connectivity index (χ0) is 42.5. The quantitative estimate of drug-likeness (QED) is 0.0791. The van der Waals surface area contributed by atoms with Crippen molar-refractivity contribution in [2.24, 2.45) is 0 Å². The lowest BCUT2D eigenvalue weighted by Crippen LogP contribution is -2.33. The Bertz CT molecular complexity index is 2470. The molecule has 1 heterocycles. The minimum absolute atomic E-state index is 0.227. The monoisotopic (exact) mass is 830 g/mol. The number of hydrogen-bond acceptors (Lipinski definition) is 9. The van der Waals surface area contributed by atoms with E-state index in [1.54, 1.807) is 21.3 Å². The van der Waals surface area contributed by atoms with E-state index in [2.05, 4.69) is 0 Å². The molecule has 0 spiro atoms. The van der Waals surface area contributed by atoms with Crippen LogP contribution in [0.5, 0.6) is 46.0 Å². The maximum absolute atomic E-state index is 7.07. The predicted molar refractivity (Wildman–Crippen MR) is 238 cm³/mol. The van der Waals surface area contributed by atoms with E-state index in [4.69, 9.17) is 42.6 Å². The van der Waals surface area contributed by atoms with Crippen LogP contribution in [0.3, 0.4) is 0 Å². The van der Waals surface area contributed by atoms with Crippen molar-refractivity contribution in [1.29, 1.82) is 0 Å². The molecule has 0 unspecified atom stereocenters. The van der Waals surface area contributed by atoms with Gasteiger partial charge in [-0.2, -0.15) is 0 Å². The molecule has 0 radical (unpaired) electrons. The van der Waals surface area contributed by atoms with Gasteiger partial charge in [-0.3, -0.25) is 0 Å². The number of fused-ring (bicyclic) bond motifs is 1. The van der Waals surface area contributed by atoms with Crippen LogP contribution in [0, 0.1) is 0 Å². The standard InChI is InChI=1S/C53H50O9/c1-54-49-26-41(27-50(55-2)53(49)56-3)36-61-51-31-44-46(59-34-39-20-12-6-13-21-39)29-43(57-32-37-16-8-4-9-17-37)30-47(44)62-52(51)42-24-25-45(58-33-38-18-10-5-11-19-38)48(28-42)60-35-40-22-14-7-15-23-40/h4-30,51-52H,31-36H2,1-3H3/t51-,52+/m0/s1. The summed E-state index contributed by atoms with van der Waals surface area (Å²) < 4.78 is 56.8. The molecule has 0 saturated carbocycles. The van der Waals surface area contributed by atoms with Gasteiger partial charge in [-0.15, -0.1) is 0 Å². The first-order chi connectivity index (χ1) is 30.6. The van der Waals surface area contributed by atoms with Crippen LogP contribution in [0.2, 0.25) is 0 Å². The molecular formula is C53H50O9. The summed E-state index contributed by atoms with van der Waals surface area (Å²) >= 11 is 0. The highest BCUT2D eigenvalue weighted by atomic mass is 16.6. The first-order valence-corrected chi connectivity index (χ1v) is 20.6. The molecule has 9 heteroatoms. The van der Waals surface area contributed by atoms with Crippen molar-refractivity contribution < 1.29 is 42.6 Å². The Kier molecular flexibility index (Phi) is 13.7. The third-order valence-electron chi connectivity index (χ3n) is 10.6. The van der Waals surface area contributed by atoms with Crippen molar-refractivity contribution in [3.05, 3.63) is 203 Å². The van der Waals surface area contributed by atoms with Gasteiger partial charge in [0, 0.05) is 24.1 Å². The van der Waals surface area contributed by atoms with E-state index in [9.17, 15) is 0 Å². The number of benzene rings is 7. The average Bonchev–Trinajstić information content (AvgIpc) is 3.33. The Balaban J connectivity index is 1.16. The van der Waals surface area contributed by atoms with Crippen LogP contribution in [0.4, 0.5) is 0 Å². The molecule has 0 fully saturated rings. The van der Waals surface area contributed by atoms with Crippen LogP contribution in [-0.4, -0.2) is 27.4 Å². The van der Waals surface area contributed by atoms with Gasteiger partial charge in [0.05, 0.1) is 27.9 Å². The highest BCUT2D eigenvalue weighted by molar-refractivity contribution is 5.55. The Morgan fingerprint density at radius 1 is 0.435 bits per heavy atom. The third kappa shape index (κ3) is 10.4. The van der Waals surface area contributed by atoms with Crippen LogP contribution in [0.25, 0.3) is 0 Å². The summed E-state index contributed by atoms with van der Waals surface area (Å²) in [6.45, 7) is 1.71. The van der Waals surface area contributed by atoms with Crippen LogP contribution in [-0.2, 0) is 44.2 Å². The van der Waals surface area contributed by atoms with Gasteiger partial charge < -0.3 is 42.6 Å². The van der Waals surface area contributed by atoms with Crippen LogP contribution < -0.4 is 37.9 Å². The van der Waals surface area contributed by atoms with Gasteiger partial charge >= 0.3 is 0 Å². The van der Waals surface area contributed by atoms with E-state index < -0.39 is 12.2 Å². The molecule has 7 aromatic carbocycles. The summed E-state index contributed by atoms with van der Waals surface area (Å²) in [6.07, 6.45) is -0.576. The van der Waals surface area contributed by atoms with Crippen molar-refractivity contribution in [2.75, 3.05) is 21.3 Å². The third-order valence-corrected chi connectivity index (χ3v) is 10.6. The van der Waals surface area contributed by atoms with E-state index >= 15 is 0 Å². The highest BCUT2D eigenvalue weighted by Gasteiger charge is 2.36. The second kappa shape index (κ2) is 20.4. The van der Waals surface area contributed by atoms with Crippen LogP contribution in [0.1, 0.15) is 45.0 Å². The summed E-state index contributed by atoms with van der Waals surface area (Å²) in [5.74, 6) is 4.73. The molecule has 0 N–H and O–H groups in total. The minimum atomic E-state index is -0.571. The minimum Gasteiger partial charge on any atom is -0.493 e. The second-order valence-electron chi connectivity index (χ2n) is 14.8. The van der Waals surface area contributed by atoms with Gasteiger partial charge in [0.25, 0.3) is 0 Å². The van der Waals surface area contributed by atoms with Crippen molar-refractivity contribution >= 4 is 0 Å². The Morgan fingerprint density at radius 3 is 1.45 bits per heavy atom. The topological polar surface area (TPSA) is 83.1 Å². The predicted octanol–water partition coefficient (Wildman–Crippen LogP) is 11.3. The van der Waals surface area contributed by atoms with Crippen molar-refractivity contribution in [3.8, 4) is 46.0 Å². The normalized spacial score (nSPS) is 14.2. The fraction of sp³-hybridized carbons (Fsp3) is 0.208. The molecule has 7 aromatic rings. The second-order valence-corrected chi connectivity index (χ2v) is 14.8. The van der Waals surface area contributed by atoms with E-state index in [-0.39, 0.29) is 6.61 Å². The Hall–Kier alpha value is -7.10. The van der Waals surface area contributed by atoms with E-state index in [1.165, 1.54) is 0 Å². The molecule has 9 nitrogen and oxygen atoms in total. The summed E-state index contributed by atoms with van der Waals surface area (Å²) in [5, 5.41) is 0. The van der Waals surface area contributed by atoms with Crippen molar-refractivity contribution in [1.82, 2.24) is 0 Å². The van der Waals surface area contributed by atoms with E-state index in [0.29, 0.717) is 78.8 Å². The highest BCUT2D eigenvalue weighted by Crippen LogP contribution is 2.46. The zero-order valence-corrected chi connectivity index (χ0v) is 35.2. The number of hydrogen-bond donors (Lipinski definition) is 0. The number of methoxy groups -OCH3 is 3. The molecule has 0 aliphatic carbocycles. The largest absolute Gasteiger partial charge is 0.493 e. The zero-order valence-electron chi connectivity index (χ0n) is 35.2. The maximum Gasteiger partial charge on any atom is 0.203 e. The number of rotatable bonds is 19. The Morgan fingerprint density at radius 2 is 0.935 bits per heavy atom. The fourth-order valence-electron chi connectivity index (χ4n) is 7.37. The molecule has 62 heavy (non-hydrogen) atoms. The van der Waals surface area contributed by atoms with Gasteiger partial charge in [-0.05, 0) is 57.6 Å². The fourth-order valence-corrected chi connectivity index (χ4v) is 7.37. The maximum atomic E-state index is 7.07. The smallest absolute Gasteiger partial charge is 0.203 e. The first kappa shape index (κ1) is 41.6. The van der Waals surface area contributed by atoms with Crippen LogP contribution >= 0.6 is 0 Å². The SMILES string of the molecule is COc1cc(CO[C@H]2Cc3c(OCc4ccccc4)cc(OCc4ccccc4)cc3O[C@@H]2c2ccc(OCc3ccccc3)c(OCc3ccccc3)c2)cc(OC)c1OC. The lowest BCUT2D eigenvalue weighted by molar-refractivity contribution is -0.0469. The van der Waals surface area contributed by atoms with E-state index in [1.807, 2.05) is 164 Å². The first-order valence-electron chi connectivity index (χ1n) is 20.6. The van der Waals surface area contributed by atoms with Gasteiger partial charge in [0.15, 0.2) is 29.1 Å². The van der Waals surface area contributed by atoms with Crippen LogP contribution in [0.15, 0.2) is 164 Å². The molecule has 1 aliphatic heterocycles. The summed E-state index contributed by atoms with van der Waals surface area (Å²) in [6, 6.07) is 54.0. The molecule has 0 bridgehead atoms. The molecule has 0 amide bonds. The summed E-state index contributed by atoms with van der Waals surface area (Å²) in [4.78, 5) is 0. The number of ether oxygens (including phenoxy) is 9. The molecule has 1 aliphatic rings. The van der Waals surface area contributed by atoms with Gasteiger partial charge in [-0.1, -0.05) is 127 Å².